The molecule has 0 fully saturated rings. The SMILES string of the molecule is O=C([O][U])C(O)O. The maximum atomic E-state index is 9.83. The van der Waals surface area contributed by atoms with E-state index in [1.165, 1.54) is 0 Å². The second kappa shape index (κ2) is 3.44. The molecule has 0 saturated heterocycles. The first-order valence-electron chi connectivity index (χ1n) is 1.42. The van der Waals surface area contributed by atoms with Crippen LogP contribution in [-0.4, -0.2) is 22.5 Å². The minimum absolute atomic E-state index is 0.0165. The van der Waals surface area contributed by atoms with Crippen molar-refractivity contribution in [2.24, 2.45) is 0 Å². The van der Waals surface area contributed by atoms with Gasteiger partial charge in [0.2, 0.25) is 0 Å². The van der Waals surface area contributed by atoms with Crippen molar-refractivity contribution < 1.29 is 47.2 Å². The summed E-state index contributed by atoms with van der Waals surface area (Å²) >= 11 is 0.0165. The second-order valence-corrected chi connectivity index (χ2v) is 1.64. The first-order valence-corrected chi connectivity index (χ1v) is 3.12. The predicted molar refractivity (Wildman–Crippen MR) is 14.3 cm³/mol. The fraction of sp³-hybridized carbons (Fsp3) is 0.500. The normalized spacial score (nSPS) is 9.29. The van der Waals surface area contributed by atoms with Gasteiger partial charge < -0.3 is 0 Å². The van der Waals surface area contributed by atoms with Crippen molar-refractivity contribution in [1.29, 1.82) is 0 Å². The Morgan fingerprint density at radius 3 is 2.14 bits per heavy atom. The molecule has 0 unspecified atom stereocenters. The van der Waals surface area contributed by atoms with Gasteiger partial charge in [-0.05, 0) is 0 Å². The summed E-state index contributed by atoms with van der Waals surface area (Å²) in [7, 11) is 0. The minimum atomic E-state index is -1.95. The van der Waals surface area contributed by atoms with Crippen molar-refractivity contribution in [1.82, 2.24) is 0 Å². The van der Waals surface area contributed by atoms with Gasteiger partial charge in [-0.25, -0.2) is 0 Å². The second-order valence-electron chi connectivity index (χ2n) is 0.795. The monoisotopic (exact) mass is 329 g/mol. The average molecular weight is 329 g/mol. The quantitative estimate of drug-likeness (QED) is 0.563. The van der Waals surface area contributed by atoms with Gasteiger partial charge in [0.15, 0.2) is 0 Å². The molecule has 39 valence electrons. The molecule has 0 bridgehead atoms. The Kier molecular flexibility index (Phi) is 3.66. The van der Waals surface area contributed by atoms with Gasteiger partial charge in [0.1, 0.15) is 0 Å². The Bertz CT molecular complexity index is 70.1. The average Bonchev–Trinajstić information content (AvgIpc) is 1.65. The number of aliphatic hydroxyl groups is 2. The molecule has 0 aromatic heterocycles. The van der Waals surface area contributed by atoms with Crippen LogP contribution in [0.1, 0.15) is 0 Å². The van der Waals surface area contributed by atoms with Gasteiger partial charge in [-0.2, -0.15) is 0 Å². The Morgan fingerprint density at radius 2 is 2.14 bits per heavy atom. The van der Waals surface area contributed by atoms with E-state index in [0.29, 0.717) is 0 Å². The Labute approximate surface area is 59.5 Å². The van der Waals surface area contributed by atoms with E-state index in [4.69, 9.17) is 10.2 Å². The number of rotatable bonds is 1. The number of hydrogen-bond acceptors (Lipinski definition) is 4. The van der Waals surface area contributed by atoms with Crippen LogP contribution in [0.15, 0.2) is 0 Å². The van der Waals surface area contributed by atoms with E-state index in [2.05, 4.69) is 2.24 Å². The molecule has 5 heteroatoms. The molecular formula is C2H3O4U. The van der Waals surface area contributed by atoms with Gasteiger partial charge >= 0.3 is 59.4 Å². The molecule has 2 N–H and O–H groups in total. The van der Waals surface area contributed by atoms with Crippen LogP contribution in [0.3, 0.4) is 0 Å². The third kappa shape index (κ3) is 3.06. The Balaban J connectivity index is 3.35. The zero-order valence-corrected chi connectivity index (χ0v) is 7.45. The van der Waals surface area contributed by atoms with E-state index in [-0.39, 0.29) is 29.9 Å². The van der Waals surface area contributed by atoms with Crippen molar-refractivity contribution in [2.45, 2.75) is 6.29 Å². The van der Waals surface area contributed by atoms with Gasteiger partial charge in [-0.3, -0.25) is 0 Å². The van der Waals surface area contributed by atoms with Crippen LogP contribution < -0.4 is 0 Å². The molecule has 0 radical (unpaired) electrons. The van der Waals surface area contributed by atoms with E-state index in [9.17, 15) is 4.79 Å². The molecule has 0 aliphatic heterocycles. The third-order valence-electron chi connectivity index (χ3n) is 0.311. The van der Waals surface area contributed by atoms with E-state index < -0.39 is 12.3 Å². The zero-order valence-electron chi connectivity index (χ0n) is 3.29. The fourth-order valence-corrected chi connectivity index (χ4v) is 0.492. The van der Waals surface area contributed by atoms with Crippen LogP contribution in [-0.2, 0) is 7.04 Å². The van der Waals surface area contributed by atoms with Gasteiger partial charge in [0.25, 0.3) is 0 Å². The van der Waals surface area contributed by atoms with Crippen LogP contribution >= 0.6 is 0 Å². The summed E-state index contributed by atoms with van der Waals surface area (Å²) < 4.78 is 4.04. The van der Waals surface area contributed by atoms with Gasteiger partial charge in [0, 0.05) is 0 Å². The fourth-order valence-electron chi connectivity index (χ4n) is 0.0527. The predicted octanol–water partition coefficient (Wildman–Crippen LogP) is -1.70. The van der Waals surface area contributed by atoms with Crippen LogP contribution in [0.4, 0.5) is 0 Å². The molecule has 0 saturated carbocycles. The molecule has 0 aliphatic carbocycles. The number of aliphatic hydroxyl groups excluding tert-OH is 1. The summed E-state index contributed by atoms with van der Waals surface area (Å²) in [4.78, 5) is 9.83. The van der Waals surface area contributed by atoms with Crippen molar-refractivity contribution >= 4 is 5.97 Å². The topological polar surface area (TPSA) is 66.8 Å². The molecule has 0 rings (SSSR count). The van der Waals surface area contributed by atoms with E-state index in [1.807, 2.05) is 0 Å². The van der Waals surface area contributed by atoms with Gasteiger partial charge in [0.05, 0.1) is 0 Å². The molecule has 0 atom stereocenters. The standard InChI is InChI=1S/C2H4O4.U/c3-1(4)2(5)6;/h1,3-4H,(H,5,6);/q;+1/p-1. The molecule has 4 nitrogen and oxygen atoms in total. The third-order valence-corrected chi connectivity index (χ3v) is 1.15. The van der Waals surface area contributed by atoms with Crippen LogP contribution in [0.25, 0.3) is 0 Å². The van der Waals surface area contributed by atoms with Crippen molar-refractivity contribution in [3.05, 3.63) is 0 Å². The zero-order chi connectivity index (χ0) is 5.86. The van der Waals surface area contributed by atoms with Crippen molar-refractivity contribution in [2.75, 3.05) is 0 Å². The molecule has 0 aromatic carbocycles. The number of carbonyl (C=O) groups excluding carboxylic acids is 1. The Morgan fingerprint density at radius 1 is 1.71 bits per heavy atom. The van der Waals surface area contributed by atoms with Gasteiger partial charge in [-0.1, -0.05) is 0 Å². The maximum absolute atomic E-state index is 9.83. The summed E-state index contributed by atoms with van der Waals surface area (Å²) in [6.45, 7) is 0. The van der Waals surface area contributed by atoms with Crippen LogP contribution in [0.5, 0.6) is 0 Å². The van der Waals surface area contributed by atoms with Crippen LogP contribution in [0.2, 0.25) is 0 Å². The van der Waals surface area contributed by atoms with E-state index in [1.54, 1.807) is 0 Å². The molecule has 0 aromatic rings. The molecule has 0 aliphatic rings. The molecule has 0 spiro atoms. The molecule has 7 heavy (non-hydrogen) atoms. The molecule has 0 heterocycles. The molecular weight excluding hydrogens is 326 g/mol. The van der Waals surface area contributed by atoms with Gasteiger partial charge in [-0.15, -0.1) is 0 Å². The number of carbonyl (C=O) groups is 1. The first kappa shape index (κ1) is 7.44. The summed E-state index contributed by atoms with van der Waals surface area (Å²) in [5.74, 6) is -0.967. The Hall–Kier alpha value is 0.442. The number of hydrogen-bond donors (Lipinski definition) is 2. The van der Waals surface area contributed by atoms with Crippen molar-refractivity contribution in [3.63, 3.8) is 0 Å². The molecule has 0 amide bonds. The van der Waals surface area contributed by atoms with E-state index >= 15 is 0 Å². The first-order chi connectivity index (χ1) is 3.18. The summed E-state index contributed by atoms with van der Waals surface area (Å²) in [5, 5.41) is 15.9. The summed E-state index contributed by atoms with van der Waals surface area (Å²) in [6, 6.07) is 0. The van der Waals surface area contributed by atoms with E-state index in [0.717, 1.165) is 0 Å². The van der Waals surface area contributed by atoms with Crippen LogP contribution in [0, 0.1) is 29.9 Å². The summed E-state index contributed by atoms with van der Waals surface area (Å²) in [5.41, 5.74) is 0. The summed E-state index contributed by atoms with van der Waals surface area (Å²) in [6.07, 6.45) is -1.95. The van der Waals surface area contributed by atoms with Crippen molar-refractivity contribution in [3.8, 4) is 0 Å².